The molecule has 0 radical (unpaired) electrons. The van der Waals surface area contributed by atoms with E-state index in [4.69, 9.17) is 9.84 Å². The molecular formula is C19H18F3N7O3. The lowest BCUT2D eigenvalue weighted by Gasteiger charge is -2.32. The molecule has 168 valence electrons. The molecule has 1 aliphatic rings. The number of aromatic nitrogens is 6. The third-order valence-corrected chi connectivity index (χ3v) is 4.83. The van der Waals surface area contributed by atoms with E-state index in [0.29, 0.717) is 37.4 Å². The van der Waals surface area contributed by atoms with Crippen LogP contribution in [0.2, 0.25) is 0 Å². The van der Waals surface area contributed by atoms with Gasteiger partial charge in [0.05, 0.1) is 18.0 Å². The molecule has 0 bridgehead atoms. The summed E-state index contributed by atoms with van der Waals surface area (Å²) in [6, 6.07) is 4.88. The van der Waals surface area contributed by atoms with E-state index in [1.165, 1.54) is 18.3 Å². The maximum atomic E-state index is 12.9. The van der Waals surface area contributed by atoms with Crippen molar-refractivity contribution in [2.45, 2.75) is 31.7 Å². The molecule has 0 spiro atoms. The number of nitrogens with zero attached hydrogens (tertiary/aromatic N) is 7. The first-order chi connectivity index (χ1) is 15.3. The normalized spacial score (nSPS) is 15.0. The molecule has 1 fully saturated rings. The fourth-order valence-electron chi connectivity index (χ4n) is 3.27. The van der Waals surface area contributed by atoms with Crippen LogP contribution in [0.3, 0.4) is 0 Å². The summed E-state index contributed by atoms with van der Waals surface area (Å²) in [5.41, 5.74) is -0.381. The van der Waals surface area contributed by atoms with Crippen LogP contribution in [0.15, 0.2) is 36.7 Å². The monoisotopic (exact) mass is 449 g/mol. The van der Waals surface area contributed by atoms with Gasteiger partial charge in [-0.1, -0.05) is 6.07 Å². The SMILES string of the molecule is O=C(O)Cn1nnc(-c2cnc(N3CCC(Oc4cccc(C(F)(F)F)c4)CC3)cn2)n1. The van der Waals surface area contributed by atoms with E-state index in [-0.39, 0.29) is 17.7 Å². The lowest BCUT2D eigenvalue weighted by molar-refractivity contribution is -0.138. The topological polar surface area (TPSA) is 119 Å². The van der Waals surface area contributed by atoms with E-state index in [0.717, 1.165) is 16.9 Å². The van der Waals surface area contributed by atoms with Crippen molar-refractivity contribution in [2.75, 3.05) is 18.0 Å². The van der Waals surface area contributed by atoms with Crippen molar-refractivity contribution in [3.63, 3.8) is 0 Å². The number of benzene rings is 1. The van der Waals surface area contributed by atoms with Crippen LogP contribution in [0, 0.1) is 0 Å². The van der Waals surface area contributed by atoms with E-state index in [9.17, 15) is 18.0 Å². The third kappa shape index (κ3) is 5.10. The number of carboxylic acids is 1. The lowest BCUT2D eigenvalue weighted by Crippen LogP contribution is -2.38. The van der Waals surface area contributed by atoms with Crippen molar-refractivity contribution in [3.8, 4) is 17.3 Å². The first-order valence-electron chi connectivity index (χ1n) is 9.69. The summed E-state index contributed by atoms with van der Waals surface area (Å²) in [6.07, 6.45) is -0.345. The standard InChI is InChI=1S/C19H18F3N7O3/c20-19(21,22)12-2-1-3-14(8-12)32-13-4-6-28(7-5-13)16-10-23-15(9-24-16)18-25-27-29(26-18)11-17(30)31/h1-3,8-10,13H,4-7,11H2,(H,30,31). The first-order valence-corrected chi connectivity index (χ1v) is 9.69. The van der Waals surface area contributed by atoms with Gasteiger partial charge in [0, 0.05) is 25.9 Å². The minimum absolute atomic E-state index is 0.165. The molecule has 3 aromatic rings. The molecule has 2 aromatic heterocycles. The number of halogens is 3. The molecular weight excluding hydrogens is 431 g/mol. The Kier molecular flexibility index (Phi) is 5.88. The Morgan fingerprint density at radius 1 is 1.19 bits per heavy atom. The predicted molar refractivity (Wildman–Crippen MR) is 104 cm³/mol. The second kappa shape index (κ2) is 8.77. The van der Waals surface area contributed by atoms with Crippen LogP contribution in [-0.2, 0) is 17.5 Å². The molecule has 1 aliphatic heterocycles. The molecule has 4 rings (SSSR count). The first kappa shape index (κ1) is 21.5. The van der Waals surface area contributed by atoms with Crippen LogP contribution in [0.5, 0.6) is 5.75 Å². The minimum atomic E-state index is -4.41. The molecule has 0 amide bonds. The summed E-state index contributed by atoms with van der Waals surface area (Å²) in [5, 5.41) is 20.1. The van der Waals surface area contributed by atoms with Gasteiger partial charge in [0.2, 0.25) is 5.82 Å². The molecule has 32 heavy (non-hydrogen) atoms. The number of piperidine rings is 1. The average Bonchev–Trinajstić information content (AvgIpc) is 3.22. The van der Waals surface area contributed by atoms with Gasteiger partial charge in [-0.05, 0) is 23.4 Å². The maximum Gasteiger partial charge on any atom is 0.416 e. The summed E-state index contributed by atoms with van der Waals surface area (Å²) in [7, 11) is 0. The number of tetrazole rings is 1. The summed E-state index contributed by atoms with van der Waals surface area (Å²) in [5.74, 6) is -0.0932. The molecule has 1 N–H and O–H groups in total. The van der Waals surface area contributed by atoms with Crippen molar-refractivity contribution >= 4 is 11.8 Å². The number of alkyl halides is 3. The van der Waals surface area contributed by atoms with Crippen molar-refractivity contribution < 1.29 is 27.8 Å². The van der Waals surface area contributed by atoms with Crippen LogP contribution >= 0.6 is 0 Å². The number of rotatable bonds is 6. The second-order valence-corrected chi connectivity index (χ2v) is 7.13. The Balaban J connectivity index is 1.33. The van der Waals surface area contributed by atoms with Crippen LogP contribution in [-0.4, -0.2) is 60.4 Å². The zero-order valence-corrected chi connectivity index (χ0v) is 16.6. The minimum Gasteiger partial charge on any atom is -0.490 e. The Morgan fingerprint density at radius 3 is 2.62 bits per heavy atom. The predicted octanol–water partition coefficient (Wildman–Crippen LogP) is 2.28. The largest absolute Gasteiger partial charge is 0.490 e. The smallest absolute Gasteiger partial charge is 0.416 e. The van der Waals surface area contributed by atoms with Gasteiger partial charge in [-0.25, -0.2) is 9.97 Å². The van der Waals surface area contributed by atoms with Gasteiger partial charge < -0.3 is 14.7 Å². The van der Waals surface area contributed by atoms with E-state index in [1.54, 1.807) is 6.20 Å². The summed E-state index contributed by atoms with van der Waals surface area (Å²) in [6.45, 7) is 0.797. The fourth-order valence-corrected chi connectivity index (χ4v) is 3.27. The van der Waals surface area contributed by atoms with Crippen LogP contribution in [0.4, 0.5) is 19.0 Å². The fraction of sp³-hybridized carbons (Fsp3) is 0.368. The number of aliphatic carboxylic acids is 1. The number of hydrogen-bond acceptors (Lipinski definition) is 8. The number of ether oxygens (including phenoxy) is 1. The third-order valence-electron chi connectivity index (χ3n) is 4.83. The molecule has 13 heteroatoms. The van der Waals surface area contributed by atoms with Crippen molar-refractivity contribution in [1.29, 1.82) is 0 Å². The van der Waals surface area contributed by atoms with Crippen molar-refractivity contribution in [2.24, 2.45) is 0 Å². The molecule has 10 nitrogen and oxygen atoms in total. The van der Waals surface area contributed by atoms with Gasteiger partial charge in [0.1, 0.15) is 23.4 Å². The van der Waals surface area contributed by atoms with Crippen LogP contribution in [0.25, 0.3) is 11.5 Å². The lowest BCUT2D eigenvalue weighted by atomic mass is 10.1. The summed E-state index contributed by atoms with van der Waals surface area (Å²) < 4.78 is 44.3. The zero-order chi connectivity index (χ0) is 22.7. The number of hydrogen-bond donors (Lipinski definition) is 1. The van der Waals surface area contributed by atoms with Gasteiger partial charge in [-0.3, -0.25) is 4.79 Å². The van der Waals surface area contributed by atoms with Gasteiger partial charge in [-0.2, -0.15) is 18.0 Å². The van der Waals surface area contributed by atoms with Gasteiger partial charge in [0.15, 0.2) is 6.54 Å². The number of anilines is 1. The van der Waals surface area contributed by atoms with Crippen LogP contribution < -0.4 is 9.64 Å². The van der Waals surface area contributed by atoms with E-state index in [2.05, 4.69) is 25.4 Å². The highest BCUT2D eigenvalue weighted by Crippen LogP contribution is 2.32. The van der Waals surface area contributed by atoms with Gasteiger partial charge >= 0.3 is 12.1 Å². The molecule has 1 aromatic carbocycles. The zero-order valence-electron chi connectivity index (χ0n) is 16.6. The van der Waals surface area contributed by atoms with Gasteiger partial charge in [-0.15, -0.1) is 10.2 Å². The van der Waals surface area contributed by atoms with E-state index < -0.39 is 24.3 Å². The highest BCUT2D eigenvalue weighted by Gasteiger charge is 2.31. The molecule has 0 aliphatic carbocycles. The molecule has 0 atom stereocenters. The summed E-state index contributed by atoms with van der Waals surface area (Å²) >= 11 is 0. The summed E-state index contributed by atoms with van der Waals surface area (Å²) in [4.78, 5) is 22.3. The van der Waals surface area contributed by atoms with E-state index in [1.807, 2.05) is 4.90 Å². The highest BCUT2D eigenvalue weighted by molar-refractivity contribution is 5.66. The highest BCUT2D eigenvalue weighted by atomic mass is 19.4. The Labute approximate surface area is 179 Å². The second-order valence-electron chi connectivity index (χ2n) is 7.13. The quantitative estimate of drug-likeness (QED) is 0.604. The Hall–Kier alpha value is -3.77. The van der Waals surface area contributed by atoms with E-state index >= 15 is 0 Å². The van der Waals surface area contributed by atoms with Crippen molar-refractivity contribution in [3.05, 3.63) is 42.2 Å². The molecule has 3 heterocycles. The van der Waals surface area contributed by atoms with Crippen molar-refractivity contribution in [1.82, 2.24) is 30.2 Å². The maximum absolute atomic E-state index is 12.9. The number of carbonyl (C=O) groups is 1. The molecule has 0 saturated carbocycles. The Morgan fingerprint density at radius 2 is 1.97 bits per heavy atom. The average molecular weight is 449 g/mol. The Bertz CT molecular complexity index is 1080. The molecule has 1 saturated heterocycles. The number of carboxylic acid groups (broad SMARTS) is 1. The van der Waals surface area contributed by atoms with Gasteiger partial charge in [0.25, 0.3) is 0 Å². The molecule has 0 unspecified atom stereocenters. The van der Waals surface area contributed by atoms with Crippen LogP contribution in [0.1, 0.15) is 18.4 Å².